The first-order valence-corrected chi connectivity index (χ1v) is 4.10. The van der Waals surface area contributed by atoms with Crippen LogP contribution in [0.2, 0.25) is 0 Å². The van der Waals surface area contributed by atoms with E-state index in [0.717, 1.165) is 18.3 Å². The number of nitrogens with zero attached hydrogens (tertiary/aromatic N) is 1. The SMILES string of the molecule is OB(OC1CC1)c1ccncc1. The van der Waals surface area contributed by atoms with Crippen LogP contribution in [0.5, 0.6) is 0 Å². The van der Waals surface area contributed by atoms with Crippen LogP contribution in [0.25, 0.3) is 0 Å². The summed E-state index contributed by atoms with van der Waals surface area (Å²) in [5.41, 5.74) is 0.775. The first-order valence-electron chi connectivity index (χ1n) is 4.10. The molecule has 0 atom stereocenters. The predicted octanol–water partition coefficient (Wildman–Crippen LogP) is -0.0519. The van der Waals surface area contributed by atoms with E-state index in [1.165, 1.54) is 0 Å². The molecule has 1 aliphatic rings. The minimum absolute atomic E-state index is 0.271. The maximum Gasteiger partial charge on any atom is 0.491 e. The predicted molar refractivity (Wildman–Crippen MR) is 46.0 cm³/mol. The molecule has 0 saturated heterocycles. The molecule has 1 N–H and O–H groups in total. The maximum absolute atomic E-state index is 9.48. The number of pyridine rings is 1. The highest BCUT2D eigenvalue weighted by Crippen LogP contribution is 2.23. The van der Waals surface area contributed by atoms with Gasteiger partial charge in [0.05, 0.1) is 0 Å². The first-order chi connectivity index (χ1) is 5.86. The molecule has 0 spiro atoms. The Labute approximate surface area is 71.5 Å². The lowest BCUT2D eigenvalue weighted by Gasteiger charge is -2.05. The molecule has 4 heteroatoms. The molecule has 0 unspecified atom stereocenters. The van der Waals surface area contributed by atoms with Crippen LogP contribution in [0.4, 0.5) is 0 Å². The molecule has 1 heterocycles. The summed E-state index contributed by atoms with van der Waals surface area (Å²) in [5, 5.41) is 9.48. The topological polar surface area (TPSA) is 42.4 Å². The van der Waals surface area contributed by atoms with Crippen molar-refractivity contribution in [2.24, 2.45) is 0 Å². The minimum Gasteiger partial charge on any atom is -0.423 e. The quantitative estimate of drug-likeness (QED) is 0.635. The summed E-state index contributed by atoms with van der Waals surface area (Å²) in [7, 11) is -0.777. The van der Waals surface area contributed by atoms with Gasteiger partial charge in [-0.2, -0.15) is 0 Å². The lowest BCUT2D eigenvalue weighted by Crippen LogP contribution is -2.34. The van der Waals surface area contributed by atoms with Gasteiger partial charge in [0, 0.05) is 18.5 Å². The van der Waals surface area contributed by atoms with Crippen LogP contribution in [-0.4, -0.2) is 23.2 Å². The standard InChI is InChI=1S/C8H10BNO2/c11-9(12-8-1-2-8)7-3-5-10-6-4-7/h3-6,8,11H,1-2H2. The zero-order valence-corrected chi connectivity index (χ0v) is 6.68. The van der Waals surface area contributed by atoms with E-state index in [4.69, 9.17) is 4.65 Å². The van der Waals surface area contributed by atoms with Gasteiger partial charge in [-0.25, -0.2) is 0 Å². The molecule has 0 aliphatic heterocycles. The maximum atomic E-state index is 9.48. The number of hydrogen-bond donors (Lipinski definition) is 1. The zero-order chi connectivity index (χ0) is 8.39. The van der Waals surface area contributed by atoms with Gasteiger partial charge in [-0.1, -0.05) is 0 Å². The summed E-state index contributed by atoms with van der Waals surface area (Å²) in [5.74, 6) is 0. The molecule has 12 heavy (non-hydrogen) atoms. The van der Waals surface area contributed by atoms with Crippen molar-refractivity contribution >= 4 is 12.6 Å². The summed E-state index contributed by atoms with van der Waals surface area (Å²) in [6.45, 7) is 0. The molecular formula is C8H10BNO2. The van der Waals surface area contributed by atoms with E-state index in [2.05, 4.69) is 4.98 Å². The van der Waals surface area contributed by atoms with Crippen molar-refractivity contribution in [1.29, 1.82) is 0 Å². The number of hydrogen-bond acceptors (Lipinski definition) is 3. The highest BCUT2D eigenvalue weighted by atomic mass is 16.5. The Balaban J connectivity index is 1.98. The van der Waals surface area contributed by atoms with Crippen LogP contribution in [-0.2, 0) is 4.65 Å². The Morgan fingerprint density at radius 3 is 2.67 bits per heavy atom. The normalized spacial score (nSPS) is 16.1. The van der Waals surface area contributed by atoms with Crippen LogP contribution in [0.1, 0.15) is 12.8 Å². The summed E-state index contributed by atoms with van der Waals surface area (Å²) >= 11 is 0. The van der Waals surface area contributed by atoms with Crippen LogP contribution >= 0.6 is 0 Å². The molecule has 1 aliphatic carbocycles. The Bertz CT molecular complexity index is 250. The molecule has 0 amide bonds. The molecule has 0 radical (unpaired) electrons. The summed E-state index contributed by atoms with van der Waals surface area (Å²) in [6.07, 6.45) is 5.71. The lowest BCUT2D eigenvalue weighted by molar-refractivity contribution is 0.257. The Hall–Kier alpha value is -0.865. The molecular weight excluding hydrogens is 153 g/mol. The Morgan fingerprint density at radius 2 is 2.08 bits per heavy atom. The van der Waals surface area contributed by atoms with Gasteiger partial charge in [-0.05, 0) is 30.4 Å². The smallest absolute Gasteiger partial charge is 0.423 e. The van der Waals surface area contributed by atoms with E-state index in [-0.39, 0.29) is 6.10 Å². The largest absolute Gasteiger partial charge is 0.491 e. The van der Waals surface area contributed by atoms with E-state index in [0.29, 0.717) is 0 Å². The fourth-order valence-electron chi connectivity index (χ4n) is 0.993. The van der Waals surface area contributed by atoms with Gasteiger partial charge in [0.1, 0.15) is 0 Å². The van der Waals surface area contributed by atoms with Gasteiger partial charge in [0.2, 0.25) is 0 Å². The zero-order valence-electron chi connectivity index (χ0n) is 6.68. The van der Waals surface area contributed by atoms with Crippen molar-refractivity contribution in [1.82, 2.24) is 4.98 Å². The van der Waals surface area contributed by atoms with Crippen molar-refractivity contribution < 1.29 is 9.68 Å². The average Bonchev–Trinajstić information content (AvgIpc) is 2.90. The number of rotatable bonds is 3. The third kappa shape index (κ3) is 1.84. The fraction of sp³-hybridized carbons (Fsp3) is 0.375. The van der Waals surface area contributed by atoms with Crippen molar-refractivity contribution in [3.05, 3.63) is 24.5 Å². The molecule has 1 aromatic heterocycles. The van der Waals surface area contributed by atoms with Gasteiger partial charge >= 0.3 is 7.12 Å². The molecule has 1 aromatic rings. The second-order valence-electron chi connectivity index (χ2n) is 2.97. The molecule has 62 valence electrons. The molecule has 3 nitrogen and oxygen atoms in total. The summed E-state index contributed by atoms with van der Waals surface area (Å²) < 4.78 is 5.28. The third-order valence-corrected chi connectivity index (χ3v) is 1.84. The molecule has 0 bridgehead atoms. The van der Waals surface area contributed by atoms with Crippen LogP contribution in [0, 0.1) is 0 Å². The highest BCUT2D eigenvalue weighted by Gasteiger charge is 2.28. The first kappa shape index (κ1) is 7.77. The van der Waals surface area contributed by atoms with Gasteiger partial charge < -0.3 is 9.68 Å². The fourth-order valence-corrected chi connectivity index (χ4v) is 0.993. The van der Waals surface area contributed by atoms with E-state index < -0.39 is 7.12 Å². The van der Waals surface area contributed by atoms with Crippen molar-refractivity contribution in [2.45, 2.75) is 18.9 Å². The second kappa shape index (κ2) is 3.25. The van der Waals surface area contributed by atoms with Crippen LogP contribution in [0.3, 0.4) is 0 Å². The van der Waals surface area contributed by atoms with E-state index in [1.54, 1.807) is 24.5 Å². The lowest BCUT2D eigenvalue weighted by atomic mass is 9.80. The third-order valence-electron chi connectivity index (χ3n) is 1.84. The Kier molecular flexibility index (Phi) is 2.10. The van der Waals surface area contributed by atoms with Crippen molar-refractivity contribution in [3.63, 3.8) is 0 Å². The summed E-state index contributed by atoms with van der Waals surface area (Å²) in [6, 6.07) is 3.51. The van der Waals surface area contributed by atoms with Crippen molar-refractivity contribution in [2.75, 3.05) is 0 Å². The molecule has 1 saturated carbocycles. The van der Waals surface area contributed by atoms with Crippen LogP contribution < -0.4 is 5.46 Å². The van der Waals surface area contributed by atoms with Gasteiger partial charge in [0.15, 0.2) is 0 Å². The molecule has 0 aromatic carbocycles. The van der Waals surface area contributed by atoms with Crippen molar-refractivity contribution in [3.8, 4) is 0 Å². The number of aromatic nitrogens is 1. The molecule has 1 fully saturated rings. The summed E-state index contributed by atoms with van der Waals surface area (Å²) in [4.78, 5) is 3.86. The monoisotopic (exact) mass is 163 g/mol. The van der Waals surface area contributed by atoms with E-state index in [9.17, 15) is 5.02 Å². The van der Waals surface area contributed by atoms with Gasteiger partial charge in [-0.15, -0.1) is 0 Å². The van der Waals surface area contributed by atoms with Gasteiger partial charge in [0.25, 0.3) is 0 Å². The van der Waals surface area contributed by atoms with Crippen LogP contribution in [0.15, 0.2) is 24.5 Å². The average molecular weight is 163 g/mol. The highest BCUT2D eigenvalue weighted by molar-refractivity contribution is 6.59. The Morgan fingerprint density at radius 1 is 1.42 bits per heavy atom. The molecule has 2 rings (SSSR count). The van der Waals surface area contributed by atoms with E-state index in [1.807, 2.05) is 0 Å². The minimum atomic E-state index is -0.777. The van der Waals surface area contributed by atoms with E-state index >= 15 is 0 Å². The second-order valence-corrected chi connectivity index (χ2v) is 2.97. The van der Waals surface area contributed by atoms with Gasteiger partial charge in [-0.3, -0.25) is 4.98 Å².